The van der Waals surface area contributed by atoms with E-state index in [1.807, 2.05) is 0 Å². The molecule has 19 heavy (non-hydrogen) atoms. The van der Waals surface area contributed by atoms with Crippen LogP contribution in [0.15, 0.2) is 23.4 Å². The van der Waals surface area contributed by atoms with Crippen LogP contribution >= 0.6 is 11.6 Å². The summed E-state index contributed by atoms with van der Waals surface area (Å²) in [6, 6.07) is 3.61. The van der Waals surface area contributed by atoms with E-state index < -0.39 is 17.1 Å². The normalized spacial score (nSPS) is 14.8. The van der Waals surface area contributed by atoms with Crippen molar-refractivity contribution in [1.29, 1.82) is 0 Å². The molecule has 0 aliphatic carbocycles. The van der Waals surface area contributed by atoms with Crippen LogP contribution in [0.3, 0.4) is 0 Å². The summed E-state index contributed by atoms with van der Waals surface area (Å²) in [4.78, 5) is 12.2. The van der Waals surface area contributed by atoms with Crippen molar-refractivity contribution < 1.29 is 14.4 Å². The molecular weight excluding hydrogens is 273 g/mol. The van der Waals surface area contributed by atoms with Crippen molar-refractivity contribution in [1.82, 2.24) is 0 Å². The Labute approximate surface area is 115 Å². The lowest BCUT2D eigenvalue weighted by atomic mass is 9.85. The van der Waals surface area contributed by atoms with Gasteiger partial charge in [0.2, 0.25) is 5.91 Å². The number of hydrogen-bond acceptors (Lipinski definition) is 3. The number of nitrogens with two attached hydrogens (primary N) is 1. The number of hydrogen-bond donors (Lipinski definition) is 3. The number of rotatable bonds is 4. The van der Waals surface area contributed by atoms with Crippen molar-refractivity contribution in [3.8, 4) is 0 Å². The van der Waals surface area contributed by atoms with E-state index in [9.17, 15) is 9.18 Å². The Hall–Kier alpha value is -1.82. The molecule has 0 spiro atoms. The maximum absolute atomic E-state index is 13.1. The Kier molecular flexibility index (Phi) is 4.72. The monoisotopic (exact) mass is 287 g/mol. The van der Waals surface area contributed by atoms with Crippen LogP contribution in [0.25, 0.3) is 0 Å². The summed E-state index contributed by atoms with van der Waals surface area (Å²) in [7, 11) is 0. The minimum atomic E-state index is -1.20. The van der Waals surface area contributed by atoms with Crippen LogP contribution in [0, 0.1) is 11.2 Å². The Balaban J connectivity index is 3.04. The molecule has 7 heteroatoms. The second-order valence-corrected chi connectivity index (χ2v) is 4.66. The summed E-state index contributed by atoms with van der Waals surface area (Å²) in [6.45, 7) is 3.23. The zero-order valence-corrected chi connectivity index (χ0v) is 11.3. The number of oxime groups is 1. The van der Waals surface area contributed by atoms with Gasteiger partial charge in [0, 0.05) is 0 Å². The molecule has 1 unspecified atom stereocenters. The predicted molar refractivity (Wildman–Crippen MR) is 71.8 cm³/mol. The number of nitrogens with zero attached hydrogens (tertiary/aromatic N) is 1. The van der Waals surface area contributed by atoms with Gasteiger partial charge in [-0.3, -0.25) is 4.79 Å². The van der Waals surface area contributed by atoms with Crippen molar-refractivity contribution >= 4 is 29.0 Å². The predicted octanol–water partition coefficient (Wildman–Crippen LogP) is 2.58. The first-order valence-corrected chi connectivity index (χ1v) is 5.97. The van der Waals surface area contributed by atoms with Crippen LogP contribution in [-0.2, 0) is 4.79 Å². The lowest BCUT2D eigenvalue weighted by Gasteiger charge is -2.25. The maximum Gasteiger partial charge on any atom is 0.238 e. The van der Waals surface area contributed by atoms with Crippen molar-refractivity contribution in [2.45, 2.75) is 20.3 Å². The summed E-state index contributed by atoms with van der Waals surface area (Å²) in [5.41, 5.74) is 4.45. The van der Waals surface area contributed by atoms with Crippen LogP contribution in [0.4, 0.5) is 10.1 Å². The molecule has 1 rings (SSSR count). The van der Waals surface area contributed by atoms with Crippen molar-refractivity contribution in [3.05, 3.63) is 29.0 Å². The molecular formula is C12H15ClFN3O2. The number of nitrogens with one attached hydrogen (secondary N) is 1. The van der Waals surface area contributed by atoms with Crippen LogP contribution in [-0.4, -0.2) is 17.0 Å². The Bertz CT molecular complexity index is 522. The van der Waals surface area contributed by atoms with Crippen LogP contribution < -0.4 is 11.1 Å². The zero-order chi connectivity index (χ0) is 14.6. The zero-order valence-electron chi connectivity index (χ0n) is 10.6. The molecule has 4 N–H and O–H groups in total. The molecule has 5 nitrogen and oxygen atoms in total. The van der Waals surface area contributed by atoms with Crippen molar-refractivity contribution in [2.75, 3.05) is 5.32 Å². The van der Waals surface area contributed by atoms with Gasteiger partial charge in [0.25, 0.3) is 0 Å². The minimum Gasteiger partial charge on any atom is -0.409 e. The van der Waals surface area contributed by atoms with Gasteiger partial charge in [0.15, 0.2) is 5.84 Å². The standard InChI is InChI=1S/C12H15ClFN3O2/c1-3-12(2,10(15)17-19)11(18)16-9-6-7(14)4-5-8(9)13/h4-6,19H,3H2,1-2H3,(H2,15,17)(H,16,18). The summed E-state index contributed by atoms with van der Waals surface area (Å²) >= 11 is 5.85. The van der Waals surface area contributed by atoms with E-state index in [0.29, 0.717) is 6.42 Å². The molecule has 0 fully saturated rings. The Morgan fingerprint density at radius 2 is 2.26 bits per heavy atom. The van der Waals surface area contributed by atoms with Gasteiger partial charge < -0.3 is 16.3 Å². The number of benzene rings is 1. The van der Waals surface area contributed by atoms with E-state index in [-0.39, 0.29) is 16.5 Å². The lowest BCUT2D eigenvalue weighted by Crippen LogP contribution is -2.44. The maximum atomic E-state index is 13.1. The molecule has 0 radical (unpaired) electrons. The highest BCUT2D eigenvalue weighted by Crippen LogP contribution is 2.27. The van der Waals surface area contributed by atoms with Gasteiger partial charge in [-0.1, -0.05) is 23.7 Å². The third kappa shape index (κ3) is 3.14. The molecule has 1 amide bonds. The van der Waals surface area contributed by atoms with Gasteiger partial charge in [-0.25, -0.2) is 4.39 Å². The van der Waals surface area contributed by atoms with E-state index in [1.54, 1.807) is 6.92 Å². The van der Waals surface area contributed by atoms with Gasteiger partial charge in [-0.2, -0.15) is 0 Å². The summed E-state index contributed by atoms with van der Waals surface area (Å²) in [5, 5.41) is 14.2. The van der Waals surface area contributed by atoms with E-state index in [4.69, 9.17) is 22.5 Å². The fourth-order valence-corrected chi connectivity index (χ4v) is 1.59. The first-order chi connectivity index (χ1) is 8.85. The van der Waals surface area contributed by atoms with Crippen LogP contribution in [0.1, 0.15) is 20.3 Å². The first kappa shape index (κ1) is 15.2. The molecule has 0 saturated heterocycles. The molecule has 1 aromatic carbocycles. The average Bonchev–Trinajstić information content (AvgIpc) is 2.40. The van der Waals surface area contributed by atoms with Crippen molar-refractivity contribution in [2.24, 2.45) is 16.3 Å². The second kappa shape index (κ2) is 5.88. The summed E-state index contributed by atoms with van der Waals surface area (Å²) in [6.07, 6.45) is 0.307. The molecule has 1 atom stereocenters. The van der Waals surface area contributed by atoms with E-state index in [0.717, 1.165) is 6.07 Å². The highest BCUT2D eigenvalue weighted by Gasteiger charge is 2.36. The average molecular weight is 288 g/mol. The molecule has 0 heterocycles. The van der Waals surface area contributed by atoms with E-state index in [2.05, 4.69) is 10.5 Å². The van der Waals surface area contributed by atoms with Gasteiger partial charge in [-0.05, 0) is 31.5 Å². The Morgan fingerprint density at radius 3 is 2.79 bits per heavy atom. The number of amides is 1. The fraction of sp³-hybridized carbons (Fsp3) is 0.333. The van der Waals surface area contributed by atoms with Gasteiger partial charge in [0.05, 0.1) is 10.7 Å². The molecule has 0 bridgehead atoms. The molecule has 0 saturated carbocycles. The van der Waals surface area contributed by atoms with Gasteiger partial charge >= 0.3 is 0 Å². The topological polar surface area (TPSA) is 87.7 Å². The summed E-state index contributed by atoms with van der Waals surface area (Å²) < 4.78 is 13.1. The van der Waals surface area contributed by atoms with Crippen LogP contribution in [0.5, 0.6) is 0 Å². The molecule has 0 aromatic heterocycles. The fourth-order valence-electron chi connectivity index (χ4n) is 1.42. The first-order valence-electron chi connectivity index (χ1n) is 5.59. The summed E-state index contributed by atoms with van der Waals surface area (Å²) in [5.74, 6) is -1.28. The molecule has 0 aliphatic rings. The molecule has 104 valence electrons. The highest BCUT2D eigenvalue weighted by atomic mass is 35.5. The molecule has 1 aromatic rings. The smallest absolute Gasteiger partial charge is 0.238 e. The lowest BCUT2D eigenvalue weighted by molar-refractivity contribution is -0.121. The highest BCUT2D eigenvalue weighted by molar-refractivity contribution is 6.33. The van der Waals surface area contributed by atoms with Crippen LogP contribution in [0.2, 0.25) is 5.02 Å². The second-order valence-electron chi connectivity index (χ2n) is 4.25. The number of anilines is 1. The van der Waals surface area contributed by atoms with Gasteiger partial charge in [-0.15, -0.1) is 0 Å². The van der Waals surface area contributed by atoms with Crippen molar-refractivity contribution in [3.63, 3.8) is 0 Å². The Morgan fingerprint density at radius 1 is 1.63 bits per heavy atom. The molecule has 0 aliphatic heterocycles. The third-order valence-corrected chi connectivity index (χ3v) is 3.39. The largest absolute Gasteiger partial charge is 0.409 e. The number of amidine groups is 1. The number of carbonyl (C=O) groups is 1. The van der Waals surface area contributed by atoms with E-state index in [1.165, 1.54) is 19.1 Å². The van der Waals surface area contributed by atoms with Gasteiger partial charge in [0.1, 0.15) is 11.2 Å². The number of carbonyl (C=O) groups excluding carboxylic acids is 1. The minimum absolute atomic E-state index is 0.136. The SMILES string of the molecule is CCC(C)(C(=O)Nc1cc(F)ccc1Cl)/C(N)=N/O. The number of halogens is 2. The third-order valence-electron chi connectivity index (χ3n) is 3.06. The quantitative estimate of drug-likeness (QED) is 0.344. The van der Waals surface area contributed by atoms with E-state index >= 15 is 0 Å².